The van der Waals surface area contributed by atoms with Crippen molar-refractivity contribution in [1.82, 2.24) is 5.32 Å². The predicted molar refractivity (Wildman–Crippen MR) is 67.2 cm³/mol. The van der Waals surface area contributed by atoms with Gasteiger partial charge in [0.1, 0.15) is 6.04 Å². The summed E-state index contributed by atoms with van der Waals surface area (Å²) in [6, 6.07) is -0.766. The van der Waals surface area contributed by atoms with Gasteiger partial charge < -0.3 is 15.2 Å². The van der Waals surface area contributed by atoms with Gasteiger partial charge in [0.15, 0.2) is 0 Å². The van der Waals surface area contributed by atoms with E-state index < -0.39 is 12.0 Å². The third-order valence-electron chi connectivity index (χ3n) is 3.16. The number of carbonyl (C=O) groups excluding carboxylic acids is 1. The average Bonchev–Trinajstić information content (AvgIpc) is 2.28. The first-order valence-corrected chi connectivity index (χ1v) is 6.59. The zero-order valence-electron chi connectivity index (χ0n) is 11.1. The molecule has 0 radical (unpaired) electrons. The number of hydrogen-bond donors (Lipinski definition) is 2. The molecule has 5 heteroatoms. The molecule has 1 rings (SSSR count). The normalized spacial score (nSPS) is 18.6. The number of carboxylic acids is 1. The molecule has 0 saturated carbocycles. The molecule has 1 unspecified atom stereocenters. The average molecular weight is 257 g/mol. The Hall–Kier alpha value is -1.10. The monoisotopic (exact) mass is 257 g/mol. The molecule has 18 heavy (non-hydrogen) atoms. The quantitative estimate of drug-likeness (QED) is 0.754. The minimum absolute atomic E-state index is 0.157. The number of amides is 1. The molecule has 104 valence electrons. The van der Waals surface area contributed by atoms with Crippen LogP contribution in [0.2, 0.25) is 0 Å². The van der Waals surface area contributed by atoms with Crippen molar-refractivity contribution >= 4 is 11.9 Å². The van der Waals surface area contributed by atoms with Crippen LogP contribution in [0.15, 0.2) is 0 Å². The van der Waals surface area contributed by atoms with Gasteiger partial charge in [-0.25, -0.2) is 4.79 Å². The van der Waals surface area contributed by atoms with Gasteiger partial charge in [-0.1, -0.05) is 13.8 Å². The molecule has 0 aliphatic carbocycles. The van der Waals surface area contributed by atoms with Crippen LogP contribution >= 0.6 is 0 Å². The summed E-state index contributed by atoms with van der Waals surface area (Å²) in [6.07, 6.45) is 2.64. The van der Waals surface area contributed by atoms with Crippen molar-refractivity contribution in [2.45, 2.75) is 45.6 Å². The van der Waals surface area contributed by atoms with E-state index in [1.165, 1.54) is 0 Å². The van der Waals surface area contributed by atoms with Gasteiger partial charge in [-0.05, 0) is 31.1 Å². The van der Waals surface area contributed by atoms with Gasteiger partial charge in [0.05, 0.1) is 0 Å². The van der Waals surface area contributed by atoms with Crippen LogP contribution < -0.4 is 5.32 Å². The molecule has 0 spiro atoms. The van der Waals surface area contributed by atoms with E-state index >= 15 is 0 Å². The van der Waals surface area contributed by atoms with Crippen LogP contribution in [-0.4, -0.2) is 36.2 Å². The Labute approximate surface area is 108 Å². The van der Waals surface area contributed by atoms with Crippen LogP contribution in [0.5, 0.6) is 0 Å². The Morgan fingerprint density at radius 2 is 1.94 bits per heavy atom. The second-order valence-corrected chi connectivity index (χ2v) is 5.35. The number of nitrogens with one attached hydrogen (secondary N) is 1. The zero-order valence-corrected chi connectivity index (χ0v) is 11.1. The zero-order chi connectivity index (χ0) is 13.5. The van der Waals surface area contributed by atoms with E-state index in [1.54, 1.807) is 0 Å². The highest BCUT2D eigenvalue weighted by molar-refractivity contribution is 5.83. The van der Waals surface area contributed by atoms with Crippen LogP contribution in [-0.2, 0) is 14.3 Å². The Bertz CT molecular complexity index is 285. The van der Waals surface area contributed by atoms with Crippen LogP contribution in [0.1, 0.15) is 39.5 Å². The highest BCUT2D eigenvalue weighted by Crippen LogP contribution is 2.18. The van der Waals surface area contributed by atoms with Gasteiger partial charge in [0.25, 0.3) is 0 Å². The standard InChI is InChI=1S/C13H23NO4/c1-9(2)7-11(13(16)17)14-12(15)8-10-3-5-18-6-4-10/h9-11H,3-8H2,1-2H3,(H,14,15)(H,16,17). The number of carboxylic acid groups (broad SMARTS) is 1. The minimum Gasteiger partial charge on any atom is -0.480 e. The molecule has 5 nitrogen and oxygen atoms in total. The molecule has 0 aromatic rings. The Balaban J connectivity index is 2.37. The van der Waals surface area contributed by atoms with Crippen LogP contribution in [0.25, 0.3) is 0 Å². The third-order valence-corrected chi connectivity index (χ3v) is 3.16. The number of ether oxygens (including phenoxy) is 1. The summed E-state index contributed by atoms with van der Waals surface area (Å²) in [5.41, 5.74) is 0. The second-order valence-electron chi connectivity index (χ2n) is 5.35. The second kappa shape index (κ2) is 7.36. The summed E-state index contributed by atoms with van der Waals surface area (Å²) in [5, 5.41) is 11.7. The first kappa shape index (κ1) is 15.0. The molecular weight excluding hydrogens is 234 g/mol. The number of carbonyl (C=O) groups is 2. The lowest BCUT2D eigenvalue weighted by molar-refractivity contribution is -0.142. The lowest BCUT2D eigenvalue weighted by Gasteiger charge is -2.23. The van der Waals surface area contributed by atoms with Crippen molar-refractivity contribution in [3.63, 3.8) is 0 Å². The summed E-state index contributed by atoms with van der Waals surface area (Å²) in [4.78, 5) is 22.8. The summed E-state index contributed by atoms with van der Waals surface area (Å²) >= 11 is 0. The van der Waals surface area contributed by atoms with Gasteiger partial charge in [-0.2, -0.15) is 0 Å². The predicted octanol–water partition coefficient (Wildman–Crippen LogP) is 1.42. The largest absolute Gasteiger partial charge is 0.480 e. The van der Waals surface area contributed by atoms with E-state index in [1.807, 2.05) is 13.8 Å². The maximum Gasteiger partial charge on any atom is 0.326 e. The molecule has 1 aliphatic heterocycles. The highest BCUT2D eigenvalue weighted by atomic mass is 16.5. The number of rotatable bonds is 6. The van der Waals surface area contributed by atoms with Crippen molar-refractivity contribution in [1.29, 1.82) is 0 Å². The summed E-state index contributed by atoms with van der Waals surface area (Å²) in [5.74, 6) is -0.541. The van der Waals surface area contributed by atoms with Crippen molar-refractivity contribution in [3.8, 4) is 0 Å². The summed E-state index contributed by atoms with van der Waals surface area (Å²) < 4.78 is 5.23. The van der Waals surface area contributed by atoms with Crippen LogP contribution in [0.3, 0.4) is 0 Å². The first-order valence-electron chi connectivity index (χ1n) is 6.59. The minimum atomic E-state index is -0.955. The Kier molecular flexibility index (Phi) is 6.12. The highest BCUT2D eigenvalue weighted by Gasteiger charge is 2.23. The molecule has 1 aliphatic rings. The molecular formula is C13H23NO4. The van der Waals surface area contributed by atoms with E-state index in [0.717, 1.165) is 12.8 Å². The fourth-order valence-corrected chi connectivity index (χ4v) is 2.16. The molecule has 1 fully saturated rings. The topological polar surface area (TPSA) is 75.6 Å². The smallest absolute Gasteiger partial charge is 0.326 e. The first-order chi connectivity index (χ1) is 8.49. The van der Waals surface area contributed by atoms with Gasteiger partial charge in [-0.15, -0.1) is 0 Å². The van der Waals surface area contributed by atoms with Crippen LogP contribution in [0, 0.1) is 11.8 Å². The van der Waals surface area contributed by atoms with Gasteiger partial charge >= 0.3 is 5.97 Å². The molecule has 1 amide bonds. The van der Waals surface area contributed by atoms with E-state index in [9.17, 15) is 9.59 Å². The van der Waals surface area contributed by atoms with Crippen LogP contribution in [0.4, 0.5) is 0 Å². The maximum absolute atomic E-state index is 11.8. The molecule has 1 atom stereocenters. The van der Waals surface area contributed by atoms with Crippen molar-refractivity contribution < 1.29 is 19.4 Å². The van der Waals surface area contributed by atoms with E-state index in [4.69, 9.17) is 9.84 Å². The summed E-state index contributed by atoms with van der Waals surface area (Å²) in [7, 11) is 0. The fraction of sp³-hybridized carbons (Fsp3) is 0.846. The third kappa shape index (κ3) is 5.49. The molecule has 1 heterocycles. The van der Waals surface area contributed by atoms with Gasteiger partial charge in [-0.3, -0.25) is 4.79 Å². The lowest BCUT2D eigenvalue weighted by atomic mass is 9.95. The molecule has 1 saturated heterocycles. The Morgan fingerprint density at radius 1 is 1.33 bits per heavy atom. The van der Waals surface area contributed by atoms with E-state index in [2.05, 4.69) is 5.32 Å². The summed E-state index contributed by atoms with van der Waals surface area (Å²) in [6.45, 7) is 5.29. The molecule has 0 aromatic heterocycles. The maximum atomic E-state index is 11.8. The molecule has 0 bridgehead atoms. The SMILES string of the molecule is CC(C)CC(NC(=O)CC1CCOCC1)C(=O)O. The van der Waals surface area contributed by atoms with Crippen molar-refractivity contribution in [2.75, 3.05) is 13.2 Å². The fourth-order valence-electron chi connectivity index (χ4n) is 2.16. The molecule has 0 aromatic carbocycles. The lowest BCUT2D eigenvalue weighted by Crippen LogP contribution is -2.42. The van der Waals surface area contributed by atoms with E-state index in [-0.39, 0.29) is 11.8 Å². The van der Waals surface area contributed by atoms with E-state index in [0.29, 0.717) is 32.0 Å². The van der Waals surface area contributed by atoms with Gasteiger partial charge in [0.2, 0.25) is 5.91 Å². The Morgan fingerprint density at radius 3 is 2.44 bits per heavy atom. The number of aliphatic carboxylic acids is 1. The number of hydrogen-bond acceptors (Lipinski definition) is 3. The van der Waals surface area contributed by atoms with Gasteiger partial charge in [0, 0.05) is 19.6 Å². The molecule has 2 N–H and O–H groups in total. The van der Waals surface area contributed by atoms with Crippen molar-refractivity contribution in [2.24, 2.45) is 11.8 Å². The van der Waals surface area contributed by atoms with Crippen molar-refractivity contribution in [3.05, 3.63) is 0 Å².